The molecule has 1 saturated carbocycles. The number of rotatable bonds is 5. The van der Waals surface area contributed by atoms with Gasteiger partial charge >= 0.3 is 0 Å². The Hall–Kier alpha value is -2.95. The maximum absolute atomic E-state index is 13.2. The first-order chi connectivity index (χ1) is 13.5. The molecule has 0 bridgehead atoms. The predicted molar refractivity (Wildman–Crippen MR) is 107 cm³/mol. The number of carbonyl (C=O) groups excluding carboxylic acids is 3. The Kier molecular flexibility index (Phi) is 4.75. The maximum atomic E-state index is 13.2. The Morgan fingerprint density at radius 2 is 1.68 bits per heavy atom. The minimum Gasteiger partial charge on any atom is -0.323 e. The van der Waals surface area contributed by atoms with Gasteiger partial charge in [-0.2, -0.15) is 0 Å². The van der Waals surface area contributed by atoms with Gasteiger partial charge in [0.05, 0.1) is 18.2 Å². The fourth-order valence-electron chi connectivity index (χ4n) is 3.85. The molecule has 2 aromatic carbocycles. The molecule has 0 radical (unpaired) electrons. The summed E-state index contributed by atoms with van der Waals surface area (Å²) in [6.45, 7) is 3.89. The number of anilines is 1. The Bertz CT molecular complexity index is 903. The molecule has 1 aliphatic heterocycles. The van der Waals surface area contributed by atoms with Crippen molar-refractivity contribution in [2.75, 3.05) is 4.90 Å². The minimum atomic E-state index is -0.753. The molecule has 1 heterocycles. The van der Waals surface area contributed by atoms with Crippen molar-refractivity contribution in [3.63, 3.8) is 0 Å². The van der Waals surface area contributed by atoms with E-state index >= 15 is 0 Å². The largest absolute Gasteiger partial charge is 0.323 e. The van der Waals surface area contributed by atoms with Crippen molar-refractivity contribution in [1.29, 1.82) is 0 Å². The van der Waals surface area contributed by atoms with Crippen LogP contribution in [-0.4, -0.2) is 28.7 Å². The second-order valence-corrected chi connectivity index (χ2v) is 7.73. The summed E-state index contributed by atoms with van der Waals surface area (Å²) in [6, 6.07) is 16.0. The second-order valence-electron chi connectivity index (χ2n) is 7.73. The van der Waals surface area contributed by atoms with E-state index in [-0.39, 0.29) is 36.1 Å². The van der Waals surface area contributed by atoms with E-state index < -0.39 is 6.04 Å². The molecule has 0 aromatic heterocycles. The summed E-state index contributed by atoms with van der Waals surface area (Å²) < 4.78 is 0. The molecular weight excluding hydrogens is 352 g/mol. The Morgan fingerprint density at radius 3 is 2.29 bits per heavy atom. The van der Waals surface area contributed by atoms with Gasteiger partial charge in [-0.05, 0) is 44.4 Å². The lowest BCUT2D eigenvalue weighted by Crippen LogP contribution is -2.47. The number of benzene rings is 2. The van der Waals surface area contributed by atoms with Crippen LogP contribution in [0.5, 0.6) is 0 Å². The molecule has 2 fully saturated rings. The number of amides is 3. The summed E-state index contributed by atoms with van der Waals surface area (Å²) in [5.74, 6) is -0.617. The van der Waals surface area contributed by atoms with Crippen molar-refractivity contribution in [3.05, 3.63) is 65.7 Å². The lowest BCUT2D eigenvalue weighted by Gasteiger charge is -2.33. The first kappa shape index (κ1) is 18.4. The minimum absolute atomic E-state index is 0.0201. The number of hydrogen-bond donors (Lipinski definition) is 0. The first-order valence-electron chi connectivity index (χ1n) is 9.78. The van der Waals surface area contributed by atoms with Crippen molar-refractivity contribution in [1.82, 2.24) is 4.90 Å². The van der Waals surface area contributed by atoms with Gasteiger partial charge < -0.3 is 4.90 Å². The van der Waals surface area contributed by atoms with Crippen LogP contribution in [0.2, 0.25) is 0 Å². The molecule has 1 aliphatic carbocycles. The lowest BCUT2D eigenvalue weighted by molar-refractivity contribution is -0.142. The smallest absolute Gasteiger partial charge is 0.257 e. The quantitative estimate of drug-likeness (QED) is 0.749. The summed E-state index contributed by atoms with van der Waals surface area (Å²) in [5.41, 5.74) is 2.59. The highest BCUT2D eigenvalue weighted by molar-refractivity contribution is 6.23. The van der Waals surface area contributed by atoms with E-state index in [4.69, 9.17) is 0 Å². The average molecular weight is 376 g/mol. The molecule has 2 aromatic rings. The Morgan fingerprint density at radius 1 is 1.04 bits per heavy atom. The third-order valence-electron chi connectivity index (χ3n) is 5.63. The van der Waals surface area contributed by atoms with Crippen LogP contribution in [0.25, 0.3) is 0 Å². The van der Waals surface area contributed by atoms with Gasteiger partial charge in [0.25, 0.3) is 5.91 Å². The van der Waals surface area contributed by atoms with Crippen molar-refractivity contribution in [3.8, 4) is 0 Å². The van der Waals surface area contributed by atoms with Crippen LogP contribution in [0.4, 0.5) is 5.69 Å². The monoisotopic (exact) mass is 376 g/mol. The molecule has 1 saturated heterocycles. The fraction of sp³-hybridized carbons (Fsp3) is 0.348. The third kappa shape index (κ3) is 3.33. The number of carbonyl (C=O) groups is 3. The molecule has 2 unspecified atom stereocenters. The average Bonchev–Trinajstić information content (AvgIpc) is 3.50. The van der Waals surface area contributed by atoms with Crippen molar-refractivity contribution in [2.24, 2.45) is 5.92 Å². The van der Waals surface area contributed by atoms with Crippen LogP contribution in [-0.2, 0) is 14.4 Å². The zero-order valence-corrected chi connectivity index (χ0v) is 16.2. The Balaban J connectivity index is 1.66. The topological polar surface area (TPSA) is 57.7 Å². The van der Waals surface area contributed by atoms with Gasteiger partial charge in [-0.15, -0.1) is 0 Å². The van der Waals surface area contributed by atoms with E-state index in [1.165, 1.54) is 4.90 Å². The van der Waals surface area contributed by atoms with Crippen LogP contribution >= 0.6 is 0 Å². The molecule has 5 nitrogen and oxygen atoms in total. The van der Waals surface area contributed by atoms with Gasteiger partial charge in [0.15, 0.2) is 0 Å². The molecule has 28 heavy (non-hydrogen) atoms. The van der Waals surface area contributed by atoms with Crippen LogP contribution < -0.4 is 4.90 Å². The van der Waals surface area contributed by atoms with Gasteiger partial charge in [0.2, 0.25) is 11.8 Å². The molecule has 3 amide bonds. The Labute approximate surface area is 164 Å². The molecule has 5 heteroatoms. The van der Waals surface area contributed by atoms with E-state index in [0.717, 1.165) is 24.0 Å². The van der Waals surface area contributed by atoms with Crippen LogP contribution in [0.3, 0.4) is 0 Å². The summed E-state index contributed by atoms with van der Waals surface area (Å²) in [4.78, 5) is 41.9. The summed E-state index contributed by atoms with van der Waals surface area (Å²) in [5, 5.41) is 0. The summed E-state index contributed by atoms with van der Waals surface area (Å²) >= 11 is 0. The predicted octanol–water partition coefficient (Wildman–Crippen LogP) is 3.63. The highest BCUT2D eigenvalue weighted by Crippen LogP contribution is 2.38. The van der Waals surface area contributed by atoms with E-state index in [1.54, 1.807) is 17.0 Å². The number of nitrogens with zero attached hydrogens (tertiary/aromatic N) is 2. The summed E-state index contributed by atoms with van der Waals surface area (Å²) in [6.07, 6.45) is 1.74. The van der Waals surface area contributed by atoms with Crippen molar-refractivity contribution in [2.45, 2.75) is 45.2 Å². The second kappa shape index (κ2) is 7.23. The fourth-order valence-corrected chi connectivity index (χ4v) is 3.85. The molecule has 0 spiro atoms. The zero-order chi connectivity index (χ0) is 19.8. The number of imide groups is 1. The van der Waals surface area contributed by atoms with Gasteiger partial charge in [-0.1, -0.05) is 48.0 Å². The molecular formula is C23H24N2O3. The van der Waals surface area contributed by atoms with E-state index in [0.29, 0.717) is 5.69 Å². The van der Waals surface area contributed by atoms with E-state index in [9.17, 15) is 14.4 Å². The molecule has 2 atom stereocenters. The molecule has 2 aliphatic rings. The molecule has 0 N–H and O–H groups in total. The standard InChI is InChI=1S/C23H24N2O3/c1-15-8-12-19(13-9-15)25-21(26)14-20(23(25)28)24(22(27)18-10-11-18)16(2)17-6-4-3-5-7-17/h3-9,12-13,16,18,20H,10-11,14H2,1-2H3. The summed E-state index contributed by atoms with van der Waals surface area (Å²) in [7, 11) is 0. The first-order valence-corrected chi connectivity index (χ1v) is 9.78. The van der Waals surface area contributed by atoms with Gasteiger partial charge in [-0.3, -0.25) is 14.4 Å². The van der Waals surface area contributed by atoms with Crippen molar-refractivity contribution >= 4 is 23.4 Å². The molecule has 144 valence electrons. The van der Waals surface area contributed by atoms with Crippen LogP contribution in [0, 0.1) is 12.8 Å². The van der Waals surface area contributed by atoms with Gasteiger partial charge in [0.1, 0.15) is 6.04 Å². The van der Waals surface area contributed by atoms with E-state index in [2.05, 4.69) is 0 Å². The normalized spacial score (nSPS) is 20.4. The zero-order valence-electron chi connectivity index (χ0n) is 16.2. The van der Waals surface area contributed by atoms with Gasteiger partial charge in [-0.25, -0.2) is 4.90 Å². The van der Waals surface area contributed by atoms with Crippen LogP contribution in [0.15, 0.2) is 54.6 Å². The van der Waals surface area contributed by atoms with Crippen LogP contribution in [0.1, 0.15) is 43.4 Å². The maximum Gasteiger partial charge on any atom is 0.257 e. The highest BCUT2D eigenvalue weighted by atomic mass is 16.2. The lowest BCUT2D eigenvalue weighted by atomic mass is 10.0. The number of hydrogen-bond acceptors (Lipinski definition) is 3. The molecule has 4 rings (SSSR count). The number of aryl methyl sites for hydroxylation is 1. The van der Waals surface area contributed by atoms with E-state index in [1.807, 2.05) is 56.3 Å². The van der Waals surface area contributed by atoms with Crippen molar-refractivity contribution < 1.29 is 14.4 Å². The SMILES string of the molecule is Cc1ccc(N2C(=O)CC(N(C(=O)C3CC3)C(C)c3ccccc3)C2=O)cc1. The third-order valence-corrected chi connectivity index (χ3v) is 5.63. The highest BCUT2D eigenvalue weighted by Gasteiger charge is 2.48. The van der Waals surface area contributed by atoms with Gasteiger partial charge in [0, 0.05) is 5.92 Å².